The van der Waals surface area contributed by atoms with Gasteiger partial charge in [0.25, 0.3) is 11.8 Å². The number of amides is 3. The number of phenols is 1. The third-order valence-corrected chi connectivity index (χ3v) is 6.13. The number of benzene rings is 3. The van der Waals surface area contributed by atoms with E-state index in [9.17, 15) is 19.5 Å². The number of anilines is 2. The first-order valence-electron chi connectivity index (χ1n) is 10.4. The summed E-state index contributed by atoms with van der Waals surface area (Å²) < 4.78 is 5.86. The maximum Gasteiger partial charge on any atom is 0.266 e. The SMILES string of the molecule is O=C(Cc1cccs1)Nc1ccc(Oc2ccc3c(c2)C(=O)N(c2ccc(O)cc2)C3=O)cc1. The summed E-state index contributed by atoms with van der Waals surface area (Å²) in [5.41, 5.74) is 1.55. The predicted molar refractivity (Wildman–Crippen MR) is 129 cm³/mol. The van der Waals surface area contributed by atoms with Crippen molar-refractivity contribution < 1.29 is 24.2 Å². The second-order valence-electron chi connectivity index (χ2n) is 7.60. The summed E-state index contributed by atoms with van der Waals surface area (Å²) in [5, 5.41) is 14.2. The molecule has 3 amide bonds. The normalized spacial score (nSPS) is 12.5. The van der Waals surface area contributed by atoms with Gasteiger partial charge in [0.15, 0.2) is 0 Å². The number of thiophene rings is 1. The largest absolute Gasteiger partial charge is 0.508 e. The first-order chi connectivity index (χ1) is 16.5. The summed E-state index contributed by atoms with van der Waals surface area (Å²) in [6.45, 7) is 0. The lowest BCUT2D eigenvalue weighted by molar-refractivity contribution is -0.115. The van der Waals surface area contributed by atoms with Gasteiger partial charge in [0, 0.05) is 10.6 Å². The molecule has 0 unspecified atom stereocenters. The number of imide groups is 1. The van der Waals surface area contributed by atoms with Gasteiger partial charge in [-0.15, -0.1) is 11.3 Å². The number of carbonyl (C=O) groups is 3. The Morgan fingerprint density at radius 3 is 2.29 bits per heavy atom. The van der Waals surface area contributed by atoms with Gasteiger partial charge in [-0.3, -0.25) is 14.4 Å². The number of nitrogens with zero attached hydrogens (tertiary/aromatic N) is 1. The van der Waals surface area contributed by atoms with Crippen molar-refractivity contribution in [1.82, 2.24) is 0 Å². The average Bonchev–Trinajstić information content (AvgIpc) is 3.42. The summed E-state index contributed by atoms with van der Waals surface area (Å²) in [5.74, 6) is -0.0228. The van der Waals surface area contributed by atoms with Gasteiger partial charge < -0.3 is 15.2 Å². The van der Waals surface area contributed by atoms with Gasteiger partial charge in [0.2, 0.25) is 5.91 Å². The van der Waals surface area contributed by atoms with Gasteiger partial charge in [0.05, 0.1) is 23.2 Å². The zero-order valence-electron chi connectivity index (χ0n) is 17.7. The van der Waals surface area contributed by atoms with Crippen molar-refractivity contribution >= 4 is 40.4 Å². The monoisotopic (exact) mass is 470 g/mol. The molecular formula is C26H18N2O5S. The number of nitrogens with one attached hydrogen (secondary N) is 1. The smallest absolute Gasteiger partial charge is 0.266 e. The number of phenolic OH excluding ortho intramolecular Hbond substituents is 1. The number of aromatic hydroxyl groups is 1. The van der Waals surface area contributed by atoms with Gasteiger partial charge in [-0.1, -0.05) is 6.07 Å². The molecule has 2 heterocycles. The Labute approximate surface area is 198 Å². The third kappa shape index (κ3) is 4.26. The molecule has 0 saturated heterocycles. The van der Waals surface area contributed by atoms with E-state index >= 15 is 0 Å². The minimum atomic E-state index is -0.458. The molecule has 2 N–H and O–H groups in total. The Morgan fingerprint density at radius 1 is 0.882 bits per heavy atom. The molecule has 0 atom stereocenters. The predicted octanol–water partition coefficient (Wildman–Crippen LogP) is 5.23. The summed E-state index contributed by atoms with van der Waals surface area (Å²) in [6, 6.07) is 21.3. The Morgan fingerprint density at radius 2 is 1.59 bits per heavy atom. The Balaban J connectivity index is 1.28. The summed E-state index contributed by atoms with van der Waals surface area (Å²) >= 11 is 1.53. The van der Waals surface area contributed by atoms with E-state index < -0.39 is 11.8 Å². The molecule has 0 bridgehead atoms. The van der Waals surface area contributed by atoms with Crippen LogP contribution in [-0.4, -0.2) is 22.8 Å². The first kappa shape index (κ1) is 21.4. The van der Waals surface area contributed by atoms with Crippen molar-refractivity contribution in [1.29, 1.82) is 0 Å². The molecule has 1 aromatic heterocycles. The second kappa shape index (κ2) is 8.84. The van der Waals surface area contributed by atoms with Gasteiger partial charge in [0.1, 0.15) is 17.2 Å². The maximum atomic E-state index is 12.9. The number of rotatable bonds is 6. The van der Waals surface area contributed by atoms with Crippen molar-refractivity contribution in [2.75, 3.05) is 10.2 Å². The quantitative estimate of drug-likeness (QED) is 0.376. The first-order valence-corrected chi connectivity index (χ1v) is 11.3. The molecule has 34 heavy (non-hydrogen) atoms. The summed E-state index contributed by atoms with van der Waals surface area (Å²) in [4.78, 5) is 39.9. The number of carbonyl (C=O) groups excluding carboxylic acids is 3. The van der Waals surface area contributed by atoms with Crippen LogP contribution in [0.25, 0.3) is 0 Å². The highest BCUT2D eigenvalue weighted by atomic mass is 32.1. The number of hydrogen-bond acceptors (Lipinski definition) is 6. The van der Waals surface area contributed by atoms with Gasteiger partial charge in [-0.05, 0) is 78.2 Å². The number of ether oxygens (including phenoxy) is 1. The van der Waals surface area contributed by atoms with Crippen LogP contribution in [0.15, 0.2) is 84.2 Å². The molecule has 1 aliphatic rings. The maximum absolute atomic E-state index is 12.9. The van der Waals surface area contributed by atoms with E-state index in [0.29, 0.717) is 29.3 Å². The highest BCUT2D eigenvalue weighted by Crippen LogP contribution is 2.33. The molecule has 3 aromatic carbocycles. The minimum absolute atomic E-state index is 0.0455. The average molecular weight is 471 g/mol. The van der Waals surface area contributed by atoms with Crippen LogP contribution in [0.3, 0.4) is 0 Å². The van der Waals surface area contributed by atoms with Crippen LogP contribution < -0.4 is 15.0 Å². The highest BCUT2D eigenvalue weighted by Gasteiger charge is 2.37. The molecule has 7 nitrogen and oxygen atoms in total. The van der Waals surface area contributed by atoms with E-state index in [1.165, 1.54) is 41.7 Å². The van der Waals surface area contributed by atoms with Crippen LogP contribution in [0.2, 0.25) is 0 Å². The van der Waals surface area contributed by atoms with Crippen LogP contribution >= 0.6 is 11.3 Å². The lowest BCUT2D eigenvalue weighted by Gasteiger charge is -2.13. The lowest BCUT2D eigenvalue weighted by Crippen LogP contribution is -2.29. The number of fused-ring (bicyclic) bond motifs is 1. The van der Waals surface area contributed by atoms with Crippen LogP contribution in [-0.2, 0) is 11.2 Å². The Bertz CT molecular complexity index is 1380. The van der Waals surface area contributed by atoms with E-state index in [4.69, 9.17) is 4.74 Å². The molecule has 0 aliphatic carbocycles. The van der Waals surface area contributed by atoms with E-state index in [1.807, 2.05) is 17.5 Å². The molecule has 168 valence electrons. The molecule has 0 fully saturated rings. The van der Waals surface area contributed by atoms with Gasteiger partial charge in [-0.2, -0.15) is 0 Å². The molecule has 8 heteroatoms. The van der Waals surface area contributed by atoms with Crippen molar-refractivity contribution in [3.8, 4) is 17.2 Å². The van der Waals surface area contributed by atoms with Crippen LogP contribution in [0.4, 0.5) is 11.4 Å². The Kier molecular flexibility index (Phi) is 5.57. The van der Waals surface area contributed by atoms with E-state index in [1.54, 1.807) is 36.4 Å². The molecule has 0 saturated carbocycles. The van der Waals surface area contributed by atoms with Crippen LogP contribution in [0, 0.1) is 0 Å². The van der Waals surface area contributed by atoms with E-state index in [-0.39, 0.29) is 22.8 Å². The summed E-state index contributed by atoms with van der Waals surface area (Å²) in [7, 11) is 0. The Hall–Kier alpha value is -4.43. The third-order valence-electron chi connectivity index (χ3n) is 5.25. The van der Waals surface area contributed by atoms with Crippen molar-refractivity contribution in [3.05, 3.63) is 100 Å². The van der Waals surface area contributed by atoms with Crippen LogP contribution in [0.1, 0.15) is 25.6 Å². The minimum Gasteiger partial charge on any atom is -0.508 e. The van der Waals surface area contributed by atoms with Crippen molar-refractivity contribution in [2.24, 2.45) is 0 Å². The van der Waals surface area contributed by atoms with Gasteiger partial charge >= 0.3 is 0 Å². The van der Waals surface area contributed by atoms with E-state index in [2.05, 4.69) is 5.32 Å². The molecule has 1 aliphatic heterocycles. The number of hydrogen-bond donors (Lipinski definition) is 2. The molecule has 5 rings (SSSR count). The second-order valence-corrected chi connectivity index (χ2v) is 8.63. The highest BCUT2D eigenvalue weighted by molar-refractivity contribution is 7.10. The standard InChI is InChI=1S/C26H18N2O5S/c29-18-7-5-17(6-8-18)28-25(31)22-12-11-20(14-23(22)26(28)32)33-19-9-3-16(4-10-19)27-24(30)15-21-2-1-13-34-21/h1-14,29H,15H2,(H,27,30). The van der Waals surface area contributed by atoms with Crippen molar-refractivity contribution in [2.45, 2.75) is 6.42 Å². The fourth-order valence-corrected chi connectivity index (χ4v) is 4.34. The zero-order chi connectivity index (χ0) is 23.7. The van der Waals surface area contributed by atoms with Crippen molar-refractivity contribution in [3.63, 3.8) is 0 Å². The zero-order valence-corrected chi connectivity index (χ0v) is 18.5. The fourth-order valence-electron chi connectivity index (χ4n) is 3.64. The topological polar surface area (TPSA) is 95.9 Å². The van der Waals surface area contributed by atoms with E-state index in [0.717, 1.165) is 9.78 Å². The molecular weight excluding hydrogens is 452 g/mol. The molecule has 0 spiro atoms. The molecule has 4 aromatic rings. The van der Waals surface area contributed by atoms with Gasteiger partial charge in [-0.25, -0.2) is 4.90 Å². The fraction of sp³-hybridized carbons (Fsp3) is 0.0385. The van der Waals surface area contributed by atoms with Crippen LogP contribution in [0.5, 0.6) is 17.2 Å². The molecule has 0 radical (unpaired) electrons. The summed E-state index contributed by atoms with van der Waals surface area (Å²) in [6.07, 6.45) is 0.318. The lowest BCUT2D eigenvalue weighted by atomic mass is 10.1.